The summed E-state index contributed by atoms with van der Waals surface area (Å²) in [6.45, 7) is 5.44. The molecule has 0 heterocycles. The first-order chi connectivity index (χ1) is 6.22. The number of nitrogens with two attached hydrogens (primary N) is 1. The Kier molecular flexibility index (Phi) is 4.26. The Morgan fingerprint density at radius 1 is 1.46 bits per heavy atom. The Bertz CT molecular complexity index is 175. The molecule has 0 bridgehead atoms. The van der Waals surface area contributed by atoms with Crippen LogP contribution in [0.2, 0.25) is 0 Å². The fraction of sp³-hybridized carbons (Fsp3) is 0.909. The van der Waals surface area contributed by atoms with Gasteiger partial charge in [-0.15, -0.1) is 0 Å². The van der Waals surface area contributed by atoms with Gasteiger partial charge in [0.2, 0.25) is 0 Å². The molecule has 13 heavy (non-hydrogen) atoms. The molecule has 0 radical (unpaired) electrons. The maximum absolute atomic E-state index is 5.75. The van der Waals surface area contributed by atoms with Crippen molar-refractivity contribution >= 4 is 5.84 Å². The molecule has 2 unspecified atom stereocenters. The van der Waals surface area contributed by atoms with Gasteiger partial charge in [-0.3, -0.25) is 4.99 Å². The van der Waals surface area contributed by atoms with Gasteiger partial charge in [-0.05, 0) is 31.1 Å². The van der Waals surface area contributed by atoms with E-state index < -0.39 is 0 Å². The van der Waals surface area contributed by atoms with Crippen LogP contribution >= 0.6 is 0 Å². The fourth-order valence-electron chi connectivity index (χ4n) is 2.07. The number of hydrogen-bond donors (Lipinski definition) is 1. The Morgan fingerprint density at radius 2 is 2.23 bits per heavy atom. The topological polar surface area (TPSA) is 38.4 Å². The lowest BCUT2D eigenvalue weighted by atomic mass is 10.1. The van der Waals surface area contributed by atoms with E-state index in [0.29, 0.717) is 0 Å². The Balaban J connectivity index is 2.21. The van der Waals surface area contributed by atoms with Crippen LogP contribution in [0.3, 0.4) is 0 Å². The van der Waals surface area contributed by atoms with Crippen molar-refractivity contribution in [2.45, 2.75) is 46.0 Å². The number of amidine groups is 1. The minimum Gasteiger partial charge on any atom is -0.387 e. The third-order valence-corrected chi connectivity index (χ3v) is 2.86. The van der Waals surface area contributed by atoms with Crippen molar-refractivity contribution < 1.29 is 0 Å². The second kappa shape index (κ2) is 5.25. The van der Waals surface area contributed by atoms with E-state index in [0.717, 1.165) is 37.1 Å². The predicted octanol–water partition coefficient (Wildman–Crippen LogP) is 2.58. The largest absolute Gasteiger partial charge is 0.387 e. The molecule has 1 aliphatic carbocycles. The number of rotatable bonds is 4. The first kappa shape index (κ1) is 10.6. The Hall–Kier alpha value is -0.530. The van der Waals surface area contributed by atoms with E-state index >= 15 is 0 Å². The molecule has 1 fully saturated rings. The highest BCUT2D eigenvalue weighted by Crippen LogP contribution is 2.30. The molecule has 0 aromatic rings. The summed E-state index contributed by atoms with van der Waals surface area (Å²) in [4.78, 5) is 4.42. The summed E-state index contributed by atoms with van der Waals surface area (Å²) in [7, 11) is 0. The van der Waals surface area contributed by atoms with E-state index in [2.05, 4.69) is 18.8 Å². The van der Waals surface area contributed by atoms with Gasteiger partial charge in [0.25, 0.3) is 0 Å². The van der Waals surface area contributed by atoms with Crippen LogP contribution in [-0.4, -0.2) is 12.4 Å². The van der Waals surface area contributed by atoms with Gasteiger partial charge in [-0.25, -0.2) is 0 Å². The molecule has 0 aromatic carbocycles. The van der Waals surface area contributed by atoms with Gasteiger partial charge in [-0.2, -0.15) is 0 Å². The van der Waals surface area contributed by atoms with Gasteiger partial charge < -0.3 is 5.73 Å². The molecule has 1 saturated carbocycles. The van der Waals surface area contributed by atoms with Gasteiger partial charge in [0.15, 0.2) is 0 Å². The van der Waals surface area contributed by atoms with E-state index in [9.17, 15) is 0 Å². The van der Waals surface area contributed by atoms with Crippen LogP contribution in [0.15, 0.2) is 4.99 Å². The smallest absolute Gasteiger partial charge is 0.0937 e. The minimum absolute atomic E-state index is 0.811. The Labute approximate surface area is 81.6 Å². The van der Waals surface area contributed by atoms with E-state index in [1.54, 1.807) is 0 Å². The quantitative estimate of drug-likeness (QED) is 0.526. The molecular weight excluding hydrogens is 160 g/mol. The second-order valence-electron chi connectivity index (χ2n) is 4.37. The van der Waals surface area contributed by atoms with Crippen LogP contribution in [0.1, 0.15) is 46.0 Å². The highest BCUT2D eigenvalue weighted by Gasteiger charge is 2.20. The summed E-state index contributed by atoms with van der Waals surface area (Å²) in [6, 6.07) is 0. The molecule has 0 aliphatic heterocycles. The lowest BCUT2D eigenvalue weighted by Crippen LogP contribution is -2.13. The Morgan fingerprint density at radius 3 is 2.77 bits per heavy atom. The molecule has 1 rings (SSSR count). The highest BCUT2D eigenvalue weighted by molar-refractivity contribution is 5.80. The summed E-state index contributed by atoms with van der Waals surface area (Å²) in [5.41, 5.74) is 5.75. The van der Waals surface area contributed by atoms with Gasteiger partial charge in [0.1, 0.15) is 0 Å². The van der Waals surface area contributed by atoms with Crippen molar-refractivity contribution in [2.75, 3.05) is 6.54 Å². The summed E-state index contributed by atoms with van der Waals surface area (Å²) < 4.78 is 0. The van der Waals surface area contributed by atoms with E-state index in [4.69, 9.17) is 5.73 Å². The number of hydrogen-bond acceptors (Lipinski definition) is 1. The normalized spacial score (nSPS) is 29.5. The van der Waals surface area contributed by atoms with Crippen LogP contribution in [0.25, 0.3) is 0 Å². The summed E-state index contributed by atoms with van der Waals surface area (Å²) >= 11 is 0. The van der Waals surface area contributed by atoms with Crippen LogP contribution in [0, 0.1) is 11.8 Å². The van der Waals surface area contributed by atoms with Crippen LogP contribution in [0.5, 0.6) is 0 Å². The zero-order valence-corrected chi connectivity index (χ0v) is 8.92. The van der Waals surface area contributed by atoms with Crippen molar-refractivity contribution in [3.05, 3.63) is 0 Å². The predicted molar refractivity (Wildman–Crippen MR) is 57.9 cm³/mol. The molecular formula is C11H22N2. The van der Waals surface area contributed by atoms with Gasteiger partial charge in [0, 0.05) is 13.0 Å². The zero-order valence-electron chi connectivity index (χ0n) is 8.92. The van der Waals surface area contributed by atoms with Crippen molar-refractivity contribution in [3.8, 4) is 0 Å². The maximum Gasteiger partial charge on any atom is 0.0937 e. The van der Waals surface area contributed by atoms with E-state index in [1.165, 1.54) is 19.3 Å². The number of aliphatic imine (C=N–C) groups is 1. The lowest BCUT2D eigenvalue weighted by Gasteiger charge is -2.06. The highest BCUT2D eigenvalue weighted by atomic mass is 14.8. The van der Waals surface area contributed by atoms with Gasteiger partial charge in [0.05, 0.1) is 5.84 Å². The monoisotopic (exact) mass is 182 g/mol. The fourth-order valence-corrected chi connectivity index (χ4v) is 2.07. The standard InChI is InChI=1S/C11H22N2/c1-3-4-11(12)13-8-10-6-5-9(2)7-10/h9-10H,3-8H2,1-2H3,(H2,12,13). The van der Waals surface area contributed by atoms with Gasteiger partial charge >= 0.3 is 0 Å². The molecule has 1 aliphatic rings. The third-order valence-electron chi connectivity index (χ3n) is 2.86. The van der Waals surface area contributed by atoms with Crippen LogP contribution < -0.4 is 5.73 Å². The average molecular weight is 182 g/mol. The zero-order chi connectivity index (χ0) is 9.68. The molecule has 2 N–H and O–H groups in total. The molecule has 76 valence electrons. The summed E-state index contributed by atoms with van der Waals surface area (Å²) in [5, 5.41) is 0. The van der Waals surface area contributed by atoms with Crippen molar-refractivity contribution in [2.24, 2.45) is 22.6 Å². The van der Waals surface area contributed by atoms with Crippen molar-refractivity contribution in [1.82, 2.24) is 0 Å². The molecule has 0 amide bonds. The minimum atomic E-state index is 0.811. The second-order valence-corrected chi connectivity index (χ2v) is 4.37. The van der Waals surface area contributed by atoms with E-state index in [1.807, 2.05) is 0 Å². The molecule has 2 heteroatoms. The molecule has 2 nitrogen and oxygen atoms in total. The van der Waals surface area contributed by atoms with Crippen molar-refractivity contribution in [1.29, 1.82) is 0 Å². The molecule has 0 saturated heterocycles. The average Bonchev–Trinajstić information content (AvgIpc) is 2.49. The van der Waals surface area contributed by atoms with Crippen LogP contribution in [0.4, 0.5) is 0 Å². The first-order valence-electron chi connectivity index (χ1n) is 5.51. The maximum atomic E-state index is 5.75. The van der Waals surface area contributed by atoms with Crippen molar-refractivity contribution in [3.63, 3.8) is 0 Å². The molecule has 0 spiro atoms. The molecule has 2 atom stereocenters. The molecule has 0 aromatic heterocycles. The number of nitrogens with zero attached hydrogens (tertiary/aromatic N) is 1. The first-order valence-corrected chi connectivity index (χ1v) is 5.51. The van der Waals surface area contributed by atoms with Crippen LogP contribution in [-0.2, 0) is 0 Å². The summed E-state index contributed by atoms with van der Waals surface area (Å²) in [6.07, 6.45) is 6.15. The summed E-state index contributed by atoms with van der Waals surface area (Å²) in [5.74, 6) is 2.57. The lowest BCUT2D eigenvalue weighted by molar-refractivity contribution is 0.525. The SMILES string of the molecule is CCCC(N)=NCC1CCC(C)C1. The van der Waals surface area contributed by atoms with Gasteiger partial charge in [-0.1, -0.05) is 20.3 Å². The van der Waals surface area contributed by atoms with E-state index in [-0.39, 0.29) is 0 Å². The third kappa shape index (κ3) is 3.79.